The molecule has 4 rings (SSSR count). The second-order valence-corrected chi connectivity index (χ2v) is 5.34. The standard InChI is InChI=1S/C17H14N4O/c1-20-14-10-6-5-9-13(14)15-16(21(2)19-18-15)11-7-3-4-8-12(11)17(20)22/h3-10H,1-2H3. The highest BCUT2D eigenvalue weighted by atomic mass is 16.2. The molecule has 1 aliphatic rings. The molecule has 5 nitrogen and oxygen atoms in total. The number of aromatic nitrogens is 3. The van der Waals surface area contributed by atoms with E-state index < -0.39 is 0 Å². The second-order valence-electron chi connectivity index (χ2n) is 5.34. The Hall–Kier alpha value is -2.95. The molecule has 5 heteroatoms. The van der Waals surface area contributed by atoms with Crippen molar-refractivity contribution in [1.29, 1.82) is 0 Å². The monoisotopic (exact) mass is 290 g/mol. The summed E-state index contributed by atoms with van der Waals surface area (Å²) in [5.41, 5.74) is 4.93. The lowest BCUT2D eigenvalue weighted by atomic mass is 9.95. The van der Waals surface area contributed by atoms with Gasteiger partial charge in [0.1, 0.15) is 5.69 Å². The molecule has 0 radical (unpaired) electrons. The highest BCUT2D eigenvalue weighted by Crippen LogP contribution is 2.39. The molecule has 1 aromatic heterocycles. The predicted octanol–water partition coefficient (Wildman–Crippen LogP) is 2.74. The fourth-order valence-corrected chi connectivity index (χ4v) is 2.97. The zero-order valence-corrected chi connectivity index (χ0v) is 12.3. The van der Waals surface area contributed by atoms with Gasteiger partial charge in [-0.1, -0.05) is 41.6 Å². The van der Waals surface area contributed by atoms with Crippen LogP contribution in [0.5, 0.6) is 0 Å². The molecule has 0 N–H and O–H groups in total. The van der Waals surface area contributed by atoms with Crippen LogP contribution in [0.2, 0.25) is 0 Å². The van der Waals surface area contributed by atoms with E-state index in [-0.39, 0.29) is 5.91 Å². The van der Waals surface area contributed by atoms with E-state index in [4.69, 9.17) is 0 Å². The maximum absolute atomic E-state index is 12.9. The largest absolute Gasteiger partial charge is 0.311 e. The van der Waals surface area contributed by atoms with Crippen LogP contribution >= 0.6 is 0 Å². The Morgan fingerprint density at radius 1 is 0.864 bits per heavy atom. The highest BCUT2D eigenvalue weighted by molar-refractivity contribution is 6.13. The van der Waals surface area contributed by atoms with E-state index in [1.807, 2.05) is 55.6 Å². The number of para-hydroxylation sites is 1. The minimum atomic E-state index is -0.0325. The molecule has 0 atom stereocenters. The predicted molar refractivity (Wildman–Crippen MR) is 84.6 cm³/mol. The van der Waals surface area contributed by atoms with E-state index in [1.54, 1.807) is 16.6 Å². The van der Waals surface area contributed by atoms with Crippen LogP contribution in [-0.4, -0.2) is 27.9 Å². The maximum atomic E-state index is 12.9. The molecular formula is C17H14N4O. The third-order valence-electron chi connectivity index (χ3n) is 4.06. The van der Waals surface area contributed by atoms with E-state index in [9.17, 15) is 4.79 Å². The van der Waals surface area contributed by atoms with E-state index in [1.165, 1.54) is 0 Å². The van der Waals surface area contributed by atoms with Crippen LogP contribution in [0.25, 0.3) is 22.5 Å². The molecule has 3 aromatic rings. The average molecular weight is 290 g/mol. The van der Waals surface area contributed by atoms with E-state index >= 15 is 0 Å². The van der Waals surface area contributed by atoms with Crippen molar-refractivity contribution in [1.82, 2.24) is 15.0 Å². The molecule has 0 saturated carbocycles. The van der Waals surface area contributed by atoms with Gasteiger partial charge in [-0.15, -0.1) is 5.10 Å². The summed E-state index contributed by atoms with van der Waals surface area (Å²) in [4.78, 5) is 14.5. The molecule has 1 amide bonds. The van der Waals surface area contributed by atoms with Crippen molar-refractivity contribution < 1.29 is 4.79 Å². The number of hydrogen-bond donors (Lipinski definition) is 0. The van der Waals surface area contributed by atoms with E-state index in [0.717, 1.165) is 28.2 Å². The summed E-state index contributed by atoms with van der Waals surface area (Å²) in [6, 6.07) is 15.4. The van der Waals surface area contributed by atoms with Crippen LogP contribution in [0.3, 0.4) is 0 Å². The Balaban J connectivity index is 2.16. The molecule has 1 aliphatic heterocycles. The molecule has 108 valence electrons. The first-order chi connectivity index (χ1) is 10.7. The minimum absolute atomic E-state index is 0.0325. The Labute approximate surface area is 127 Å². The van der Waals surface area contributed by atoms with Crippen LogP contribution in [0.1, 0.15) is 10.4 Å². The summed E-state index contributed by atoms with van der Waals surface area (Å²) in [6.45, 7) is 0. The van der Waals surface area contributed by atoms with Gasteiger partial charge in [0, 0.05) is 30.8 Å². The Morgan fingerprint density at radius 2 is 1.50 bits per heavy atom. The van der Waals surface area contributed by atoms with Crippen molar-refractivity contribution in [3.63, 3.8) is 0 Å². The Kier molecular flexibility index (Phi) is 2.63. The zero-order valence-electron chi connectivity index (χ0n) is 12.3. The van der Waals surface area contributed by atoms with Gasteiger partial charge < -0.3 is 4.90 Å². The maximum Gasteiger partial charge on any atom is 0.258 e. The van der Waals surface area contributed by atoms with Crippen LogP contribution in [0.15, 0.2) is 48.5 Å². The normalized spacial score (nSPS) is 13.0. The second kappa shape index (κ2) is 4.53. The summed E-state index contributed by atoms with van der Waals surface area (Å²) < 4.78 is 1.73. The molecule has 0 aliphatic carbocycles. The van der Waals surface area contributed by atoms with Crippen LogP contribution in [0, 0.1) is 0 Å². The number of aryl methyl sites for hydroxylation is 1. The summed E-state index contributed by atoms with van der Waals surface area (Å²) in [5.74, 6) is -0.0325. The summed E-state index contributed by atoms with van der Waals surface area (Å²) in [5, 5.41) is 8.50. The van der Waals surface area contributed by atoms with Gasteiger partial charge in [0.05, 0.1) is 11.4 Å². The van der Waals surface area contributed by atoms with Gasteiger partial charge in [-0.2, -0.15) is 0 Å². The molecular weight excluding hydrogens is 276 g/mol. The number of fused-ring (bicyclic) bond motifs is 5. The van der Waals surface area contributed by atoms with E-state index in [0.29, 0.717) is 5.56 Å². The molecule has 22 heavy (non-hydrogen) atoms. The number of carbonyl (C=O) groups is 1. The van der Waals surface area contributed by atoms with Crippen molar-refractivity contribution in [3.8, 4) is 22.5 Å². The van der Waals surface area contributed by atoms with E-state index in [2.05, 4.69) is 10.3 Å². The van der Waals surface area contributed by atoms with Crippen LogP contribution in [-0.2, 0) is 7.05 Å². The first kappa shape index (κ1) is 12.8. The van der Waals surface area contributed by atoms with Gasteiger partial charge in [-0.3, -0.25) is 4.79 Å². The Bertz CT molecular complexity index is 897. The quantitative estimate of drug-likeness (QED) is 0.639. The van der Waals surface area contributed by atoms with Crippen LogP contribution < -0.4 is 4.90 Å². The fraction of sp³-hybridized carbons (Fsp3) is 0.118. The molecule has 0 bridgehead atoms. The number of carbonyl (C=O) groups excluding carboxylic acids is 1. The van der Waals surface area contributed by atoms with Gasteiger partial charge in [0.2, 0.25) is 0 Å². The van der Waals surface area contributed by atoms with Crippen molar-refractivity contribution in [2.45, 2.75) is 0 Å². The van der Waals surface area contributed by atoms with Crippen molar-refractivity contribution >= 4 is 11.6 Å². The summed E-state index contributed by atoms with van der Waals surface area (Å²) >= 11 is 0. The number of amides is 1. The summed E-state index contributed by atoms with van der Waals surface area (Å²) in [7, 11) is 3.64. The third kappa shape index (κ3) is 1.62. The van der Waals surface area contributed by atoms with Crippen molar-refractivity contribution in [2.75, 3.05) is 11.9 Å². The number of benzene rings is 2. The topological polar surface area (TPSA) is 51.0 Å². The lowest BCUT2D eigenvalue weighted by Crippen LogP contribution is -2.28. The van der Waals surface area contributed by atoms with Gasteiger partial charge in [-0.25, -0.2) is 4.68 Å². The van der Waals surface area contributed by atoms with Crippen molar-refractivity contribution in [3.05, 3.63) is 54.1 Å². The van der Waals surface area contributed by atoms with Crippen molar-refractivity contribution in [2.24, 2.45) is 7.05 Å². The lowest BCUT2D eigenvalue weighted by molar-refractivity contribution is 0.0993. The number of rotatable bonds is 0. The van der Waals surface area contributed by atoms with Gasteiger partial charge in [0.15, 0.2) is 0 Å². The SMILES string of the molecule is CN1C(=O)c2ccccc2-c2c(nnn2C)-c2ccccc21. The van der Waals surface area contributed by atoms with Crippen LogP contribution in [0.4, 0.5) is 5.69 Å². The highest BCUT2D eigenvalue weighted by Gasteiger charge is 2.28. The Morgan fingerprint density at radius 3 is 2.27 bits per heavy atom. The van der Waals surface area contributed by atoms with Gasteiger partial charge in [0.25, 0.3) is 5.91 Å². The first-order valence-corrected chi connectivity index (χ1v) is 7.05. The van der Waals surface area contributed by atoms with Gasteiger partial charge >= 0.3 is 0 Å². The molecule has 0 fully saturated rings. The lowest BCUT2D eigenvalue weighted by Gasteiger charge is -2.24. The molecule has 0 unspecified atom stereocenters. The molecule has 0 spiro atoms. The fourth-order valence-electron chi connectivity index (χ4n) is 2.97. The molecule has 0 saturated heterocycles. The zero-order chi connectivity index (χ0) is 15.3. The molecule has 2 heterocycles. The first-order valence-electron chi connectivity index (χ1n) is 7.05. The summed E-state index contributed by atoms with van der Waals surface area (Å²) in [6.07, 6.45) is 0. The number of anilines is 1. The third-order valence-corrected chi connectivity index (χ3v) is 4.06. The number of nitrogens with zero attached hydrogens (tertiary/aromatic N) is 4. The minimum Gasteiger partial charge on any atom is -0.311 e. The smallest absolute Gasteiger partial charge is 0.258 e. The van der Waals surface area contributed by atoms with Gasteiger partial charge in [-0.05, 0) is 12.1 Å². The molecule has 2 aromatic carbocycles. The average Bonchev–Trinajstić information content (AvgIpc) is 2.94. The number of hydrogen-bond acceptors (Lipinski definition) is 3.